The maximum Gasteiger partial charge on any atom is 1.00 e. The van der Waals surface area contributed by atoms with E-state index in [-0.39, 0.29) is 60.3 Å². The van der Waals surface area contributed by atoms with Crippen LogP contribution in [-0.2, 0) is 41.1 Å². The molecule has 196 valence electrons. The van der Waals surface area contributed by atoms with Crippen LogP contribution in [0.2, 0.25) is 0 Å². The molecular weight excluding hydrogens is 535 g/mol. The Bertz CT molecular complexity index is 1140. The standard InChI is InChI=1S/C10H11ClO2.C10H11N3O2.2CO2.N3.Na/c1-7-3-8(6-11)5-9(4-7)10(12)13-2;1-7-3-8(6-12-13-11)5-9(4-7)10(14)15-2;2*2-1-3;1-3-2;/h3-5H,6H2,1-2H3;3-5H,6H2,1-2H3;;;;/q;;;;-1;+1. The molecule has 2 rings (SSSR count). The van der Waals surface area contributed by atoms with Crippen LogP contribution < -0.4 is 29.6 Å². The quantitative estimate of drug-likeness (QED) is 0.131. The van der Waals surface area contributed by atoms with Gasteiger partial charge in [0.2, 0.25) is 0 Å². The van der Waals surface area contributed by atoms with Gasteiger partial charge in [0, 0.05) is 10.8 Å². The van der Waals surface area contributed by atoms with Gasteiger partial charge >= 0.3 is 53.8 Å². The van der Waals surface area contributed by atoms with Gasteiger partial charge in [-0.15, -0.1) is 11.6 Å². The van der Waals surface area contributed by atoms with Gasteiger partial charge in [0.15, 0.2) is 0 Å². The fourth-order valence-electron chi connectivity index (χ4n) is 2.48. The summed E-state index contributed by atoms with van der Waals surface area (Å²) in [5.41, 5.74) is 26.4. The topological polar surface area (TPSA) is 228 Å². The Hall–Kier alpha value is -3.95. The van der Waals surface area contributed by atoms with Crippen LogP contribution >= 0.6 is 11.6 Å². The van der Waals surface area contributed by atoms with Crippen molar-refractivity contribution in [1.29, 1.82) is 0 Å². The van der Waals surface area contributed by atoms with E-state index in [1.807, 2.05) is 26.0 Å². The number of methoxy groups -OCH3 is 2. The van der Waals surface area contributed by atoms with E-state index in [0.29, 0.717) is 17.0 Å². The van der Waals surface area contributed by atoms with Crippen LogP contribution in [0, 0.1) is 13.8 Å². The van der Waals surface area contributed by atoms with Crippen molar-refractivity contribution in [1.82, 2.24) is 0 Å². The van der Waals surface area contributed by atoms with Crippen molar-refractivity contribution < 1.29 is 67.8 Å². The average molecular weight is 557 g/mol. The van der Waals surface area contributed by atoms with E-state index in [0.717, 1.165) is 22.3 Å². The third-order valence-electron chi connectivity index (χ3n) is 3.59. The number of azide groups is 1. The largest absolute Gasteiger partial charge is 1.00 e. The Morgan fingerprint density at radius 3 is 1.47 bits per heavy atom. The fraction of sp³-hybridized carbons (Fsp3) is 0.273. The van der Waals surface area contributed by atoms with Crippen LogP contribution in [0.15, 0.2) is 41.5 Å². The molecule has 0 N–H and O–H groups in total. The second kappa shape index (κ2) is 27.6. The van der Waals surface area contributed by atoms with Crippen molar-refractivity contribution in [2.75, 3.05) is 14.2 Å². The Labute approximate surface area is 244 Å². The van der Waals surface area contributed by atoms with Crippen LogP contribution in [0.1, 0.15) is 43.0 Å². The minimum atomic E-state index is -0.388. The van der Waals surface area contributed by atoms with Gasteiger partial charge < -0.3 is 20.5 Å². The summed E-state index contributed by atoms with van der Waals surface area (Å²) >= 11 is 5.67. The molecule has 0 heterocycles. The van der Waals surface area contributed by atoms with E-state index >= 15 is 0 Å². The Morgan fingerprint density at radius 2 is 1.16 bits per heavy atom. The van der Waals surface area contributed by atoms with E-state index in [1.54, 1.807) is 24.3 Å². The predicted molar refractivity (Wildman–Crippen MR) is 128 cm³/mol. The first-order valence-electron chi connectivity index (χ1n) is 9.50. The first kappa shape index (κ1) is 41.2. The molecule has 2 aromatic carbocycles. The third-order valence-corrected chi connectivity index (χ3v) is 3.90. The van der Waals surface area contributed by atoms with Crippen molar-refractivity contribution >= 4 is 35.8 Å². The Morgan fingerprint density at radius 1 is 0.816 bits per heavy atom. The second-order valence-corrected chi connectivity index (χ2v) is 6.44. The van der Waals surface area contributed by atoms with Gasteiger partial charge in [-0.25, -0.2) is 9.59 Å². The first-order valence-corrected chi connectivity index (χ1v) is 10.0. The zero-order chi connectivity index (χ0) is 29.2. The molecule has 0 unspecified atom stereocenters. The van der Waals surface area contributed by atoms with Gasteiger partial charge in [-0.3, -0.25) is 4.91 Å². The summed E-state index contributed by atoms with van der Waals surface area (Å²) in [6.07, 6.45) is 0.500. The number of nitrogens with zero attached hydrogens (tertiary/aromatic N) is 6. The number of ether oxygens (including phenoxy) is 2. The zero-order valence-corrected chi connectivity index (χ0v) is 24.0. The number of carbonyl (C=O) groups excluding carboxylic acids is 6. The number of benzene rings is 2. The predicted octanol–water partition coefficient (Wildman–Crippen LogP) is 1.82. The third kappa shape index (κ3) is 21.3. The van der Waals surface area contributed by atoms with Crippen molar-refractivity contribution in [3.63, 3.8) is 0 Å². The molecule has 0 fully saturated rings. The number of carbonyl (C=O) groups is 2. The van der Waals surface area contributed by atoms with E-state index in [1.165, 1.54) is 19.1 Å². The molecule has 0 aliphatic carbocycles. The number of hydrogen-bond acceptors (Lipinski definition) is 9. The molecule has 0 spiro atoms. The maximum atomic E-state index is 11.3. The molecule has 0 radical (unpaired) electrons. The van der Waals surface area contributed by atoms with Crippen molar-refractivity contribution in [2.45, 2.75) is 26.3 Å². The van der Waals surface area contributed by atoms with Gasteiger partial charge in [0.25, 0.3) is 0 Å². The van der Waals surface area contributed by atoms with Gasteiger partial charge in [0.1, 0.15) is 0 Å². The average Bonchev–Trinajstić information content (AvgIpc) is 2.87. The molecule has 2 aromatic rings. The molecule has 16 heteroatoms. The minimum absolute atomic E-state index is 0. The molecule has 0 atom stereocenters. The number of rotatable bonds is 5. The van der Waals surface area contributed by atoms with Crippen LogP contribution in [-0.4, -0.2) is 38.5 Å². The van der Waals surface area contributed by atoms with Gasteiger partial charge in [-0.05, 0) is 60.3 Å². The summed E-state index contributed by atoms with van der Waals surface area (Å²) in [6.45, 7) is 4.02. The first-order chi connectivity index (χ1) is 17.6. The number of alkyl halides is 1. The molecule has 0 saturated carbocycles. The van der Waals surface area contributed by atoms with Gasteiger partial charge in [-0.2, -0.15) is 19.2 Å². The molecule has 0 aliphatic heterocycles. The van der Waals surface area contributed by atoms with Crippen LogP contribution in [0.3, 0.4) is 0 Å². The maximum absolute atomic E-state index is 11.3. The number of aryl methyl sites for hydroxylation is 2. The summed E-state index contributed by atoms with van der Waals surface area (Å²) in [6, 6.07) is 10.7. The van der Waals surface area contributed by atoms with E-state index in [4.69, 9.17) is 47.4 Å². The summed E-state index contributed by atoms with van der Waals surface area (Å²) in [5.74, 6) is -0.304. The van der Waals surface area contributed by atoms with Gasteiger partial charge in [0.05, 0.1) is 31.9 Å². The summed E-state index contributed by atoms with van der Waals surface area (Å²) in [4.78, 5) is 59.1. The van der Waals surface area contributed by atoms with Crippen molar-refractivity contribution in [3.8, 4) is 0 Å². The Balaban J connectivity index is -0.000000228. The molecule has 0 aromatic heterocycles. The number of hydrogen-bond donors (Lipinski definition) is 0. The molecule has 0 saturated heterocycles. The molecule has 0 aliphatic rings. The van der Waals surface area contributed by atoms with Crippen molar-refractivity contribution in [3.05, 3.63) is 96.2 Å². The van der Waals surface area contributed by atoms with Gasteiger partial charge in [-0.1, -0.05) is 22.8 Å². The fourth-order valence-corrected chi connectivity index (χ4v) is 2.63. The summed E-state index contributed by atoms with van der Waals surface area (Å²) in [5, 5.41) is 3.44. The van der Waals surface area contributed by atoms with Crippen LogP contribution in [0.4, 0.5) is 0 Å². The Kier molecular flexibility index (Phi) is 30.0. The molecule has 38 heavy (non-hydrogen) atoms. The SMILES string of the molecule is COC(=O)c1cc(C)cc(CCl)c1.COC(=O)c1cc(C)cc(CN=[N+]=[N-])c1.O=C=O.O=C=O.[N-]=[N+]=[N-].[Na+]. The molecule has 0 amide bonds. The summed E-state index contributed by atoms with van der Waals surface area (Å²) in [7, 11) is 2.70. The van der Waals surface area contributed by atoms with E-state index in [9.17, 15) is 9.59 Å². The monoisotopic (exact) mass is 556 g/mol. The van der Waals surface area contributed by atoms with E-state index in [2.05, 4.69) is 19.5 Å². The van der Waals surface area contributed by atoms with E-state index < -0.39 is 0 Å². The smallest absolute Gasteiger partial charge is 0.465 e. The van der Waals surface area contributed by atoms with Crippen LogP contribution in [0.25, 0.3) is 26.4 Å². The second-order valence-electron chi connectivity index (χ2n) is 6.18. The normalized spacial score (nSPS) is 7.61. The molecule has 14 nitrogen and oxygen atoms in total. The molecule has 0 bridgehead atoms. The number of esters is 2. The van der Waals surface area contributed by atoms with Crippen LogP contribution in [0.5, 0.6) is 0 Å². The minimum Gasteiger partial charge on any atom is -0.465 e. The number of halogens is 1. The zero-order valence-electron chi connectivity index (χ0n) is 21.2. The van der Waals surface area contributed by atoms with Crippen molar-refractivity contribution in [2.24, 2.45) is 5.11 Å². The summed E-state index contributed by atoms with van der Waals surface area (Å²) < 4.78 is 9.22. The molecular formula is C22H22ClN6NaO8.